The van der Waals surface area contributed by atoms with E-state index in [4.69, 9.17) is 5.73 Å². The minimum Gasteiger partial charge on any atom is -0.375 e. The number of carbonyl (C=O) groups excluding carboxylic acids is 1. The van der Waals surface area contributed by atoms with Crippen LogP contribution in [0, 0.1) is 11.6 Å². The lowest BCUT2D eigenvalue weighted by molar-refractivity contribution is 0.0985. The summed E-state index contributed by atoms with van der Waals surface area (Å²) in [5.41, 5.74) is 5.39. The minimum atomic E-state index is -1.01. The second-order valence-electron chi connectivity index (χ2n) is 3.61. The molecule has 0 bridgehead atoms. The molecule has 0 aromatic heterocycles. The molecule has 0 spiro atoms. The number of rotatable bonds is 4. The van der Waals surface area contributed by atoms with Gasteiger partial charge in [0.2, 0.25) is 0 Å². The fourth-order valence-electron chi connectivity index (χ4n) is 1.47. The third-order valence-corrected chi connectivity index (χ3v) is 2.19. The predicted molar refractivity (Wildman–Crippen MR) is 58.7 cm³/mol. The summed E-state index contributed by atoms with van der Waals surface area (Å²) in [5, 5.41) is 0. The maximum Gasteiger partial charge on any atom is 0.182 e. The fourth-order valence-corrected chi connectivity index (χ4v) is 1.47. The summed E-state index contributed by atoms with van der Waals surface area (Å²) < 4.78 is 26.5. The van der Waals surface area contributed by atoms with E-state index in [0.29, 0.717) is 0 Å². The highest BCUT2D eigenvalue weighted by atomic mass is 19.2. The number of hydrogen-bond donors (Lipinski definition) is 1. The van der Waals surface area contributed by atoms with Crippen molar-refractivity contribution in [3.05, 3.63) is 29.3 Å². The van der Waals surface area contributed by atoms with Crippen LogP contribution in [0.5, 0.6) is 0 Å². The van der Waals surface area contributed by atoms with Crippen LogP contribution in [0.1, 0.15) is 16.8 Å². The van der Waals surface area contributed by atoms with E-state index in [1.807, 2.05) is 0 Å². The van der Waals surface area contributed by atoms with Crippen LogP contribution in [0.4, 0.5) is 14.5 Å². The molecule has 0 saturated carbocycles. The Morgan fingerprint density at radius 1 is 1.38 bits per heavy atom. The van der Waals surface area contributed by atoms with E-state index in [1.165, 1.54) is 11.0 Å². The Labute approximate surface area is 92.8 Å². The zero-order valence-corrected chi connectivity index (χ0v) is 9.26. The molecule has 16 heavy (non-hydrogen) atoms. The number of nitrogens with zero attached hydrogens (tertiary/aromatic N) is 1. The molecule has 88 valence electrons. The van der Waals surface area contributed by atoms with Gasteiger partial charge >= 0.3 is 0 Å². The van der Waals surface area contributed by atoms with Gasteiger partial charge in [-0.3, -0.25) is 4.79 Å². The van der Waals surface area contributed by atoms with Crippen molar-refractivity contribution in [3.63, 3.8) is 0 Å². The van der Waals surface area contributed by atoms with Gasteiger partial charge in [0.25, 0.3) is 0 Å². The zero-order valence-electron chi connectivity index (χ0n) is 9.26. The lowest BCUT2D eigenvalue weighted by Crippen LogP contribution is -2.18. The molecule has 0 aliphatic carbocycles. The van der Waals surface area contributed by atoms with Crippen molar-refractivity contribution < 1.29 is 13.6 Å². The van der Waals surface area contributed by atoms with Crippen LogP contribution in [0.2, 0.25) is 0 Å². The third-order valence-electron chi connectivity index (χ3n) is 2.19. The van der Waals surface area contributed by atoms with Crippen LogP contribution in [0.15, 0.2) is 12.1 Å². The smallest absolute Gasteiger partial charge is 0.182 e. The van der Waals surface area contributed by atoms with Gasteiger partial charge in [0.1, 0.15) is 0 Å². The number of nitrogens with two attached hydrogens (primary N) is 1. The quantitative estimate of drug-likeness (QED) is 0.795. The van der Waals surface area contributed by atoms with Crippen LogP contribution in [-0.4, -0.2) is 26.4 Å². The van der Waals surface area contributed by atoms with Gasteiger partial charge in [0.05, 0.1) is 5.69 Å². The number of hydrogen-bond acceptors (Lipinski definition) is 3. The summed E-state index contributed by atoms with van der Waals surface area (Å²) in [5.74, 6) is -2.26. The molecule has 3 nitrogen and oxygen atoms in total. The first kappa shape index (κ1) is 12.6. The molecular weight excluding hydrogens is 214 g/mol. The Hall–Kier alpha value is -1.49. The molecule has 1 aromatic carbocycles. The first-order valence-corrected chi connectivity index (χ1v) is 4.87. The zero-order chi connectivity index (χ0) is 12.3. The number of ketones is 1. The monoisotopic (exact) mass is 228 g/mol. The first-order chi connectivity index (χ1) is 7.49. The number of carbonyl (C=O) groups is 1. The molecule has 5 heteroatoms. The second kappa shape index (κ2) is 5.03. The number of Topliss-reactive ketones (excluding diaryl/α,β-unsaturated/α-hetero) is 1. The van der Waals surface area contributed by atoms with Gasteiger partial charge in [0, 0.05) is 26.1 Å². The van der Waals surface area contributed by atoms with Gasteiger partial charge in [-0.05, 0) is 18.7 Å². The standard InChI is InChI=1S/C11H14F2N2O/c1-15(2)11-7(9(16)5-6-14)3-4-8(12)10(11)13/h3-4H,5-6,14H2,1-2H3. The molecular formula is C11H14F2N2O. The van der Waals surface area contributed by atoms with E-state index < -0.39 is 11.6 Å². The Morgan fingerprint density at radius 3 is 2.50 bits per heavy atom. The van der Waals surface area contributed by atoms with Crippen molar-refractivity contribution in [2.24, 2.45) is 5.73 Å². The summed E-state index contributed by atoms with van der Waals surface area (Å²) in [6.07, 6.45) is 0.117. The molecule has 0 atom stereocenters. The average Bonchev–Trinajstić information content (AvgIpc) is 2.21. The molecule has 0 amide bonds. The van der Waals surface area contributed by atoms with Gasteiger partial charge in [-0.15, -0.1) is 0 Å². The van der Waals surface area contributed by atoms with E-state index in [9.17, 15) is 13.6 Å². The van der Waals surface area contributed by atoms with Crippen molar-refractivity contribution in [1.29, 1.82) is 0 Å². The van der Waals surface area contributed by atoms with Gasteiger partial charge in [-0.1, -0.05) is 0 Å². The molecule has 0 heterocycles. The lowest BCUT2D eigenvalue weighted by Gasteiger charge is -2.17. The highest BCUT2D eigenvalue weighted by Gasteiger charge is 2.19. The van der Waals surface area contributed by atoms with E-state index in [2.05, 4.69) is 0 Å². The average molecular weight is 228 g/mol. The van der Waals surface area contributed by atoms with Crippen LogP contribution in [0.25, 0.3) is 0 Å². The van der Waals surface area contributed by atoms with Crippen molar-refractivity contribution in [3.8, 4) is 0 Å². The summed E-state index contributed by atoms with van der Waals surface area (Å²) >= 11 is 0. The SMILES string of the molecule is CN(C)c1c(C(=O)CCN)ccc(F)c1F. The molecule has 0 aliphatic rings. The van der Waals surface area contributed by atoms with Crippen molar-refractivity contribution in [2.45, 2.75) is 6.42 Å². The van der Waals surface area contributed by atoms with E-state index in [1.54, 1.807) is 14.1 Å². The summed E-state index contributed by atoms with van der Waals surface area (Å²) in [6, 6.07) is 2.23. The Balaban J connectivity index is 3.28. The van der Waals surface area contributed by atoms with E-state index in [0.717, 1.165) is 6.07 Å². The van der Waals surface area contributed by atoms with Crippen molar-refractivity contribution in [1.82, 2.24) is 0 Å². The molecule has 1 aromatic rings. The maximum absolute atomic E-state index is 13.5. The van der Waals surface area contributed by atoms with Crippen molar-refractivity contribution in [2.75, 3.05) is 25.5 Å². The molecule has 0 unspecified atom stereocenters. The van der Waals surface area contributed by atoms with Crippen LogP contribution in [0.3, 0.4) is 0 Å². The first-order valence-electron chi connectivity index (χ1n) is 4.87. The fraction of sp³-hybridized carbons (Fsp3) is 0.364. The van der Waals surface area contributed by atoms with Gasteiger partial charge in [0.15, 0.2) is 17.4 Å². The predicted octanol–water partition coefficient (Wildman–Crippen LogP) is 1.56. The topological polar surface area (TPSA) is 46.3 Å². The van der Waals surface area contributed by atoms with Crippen LogP contribution < -0.4 is 10.6 Å². The molecule has 0 radical (unpaired) electrons. The maximum atomic E-state index is 13.5. The highest BCUT2D eigenvalue weighted by Crippen LogP contribution is 2.25. The van der Waals surface area contributed by atoms with Gasteiger partial charge in [-0.2, -0.15) is 0 Å². The van der Waals surface area contributed by atoms with Crippen LogP contribution in [-0.2, 0) is 0 Å². The molecule has 2 N–H and O–H groups in total. The van der Waals surface area contributed by atoms with Gasteiger partial charge in [-0.25, -0.2) is 8.78 Å². The lowest BCUT2D eigenvalue weighted by atomic mass is 10.0. The summed E-state index contributed by atoms with van der Waals surface area (Å²) in [6.45, 7) is 0.185. The molecule has 0 aliphatic heterocycles. The molecule has 0 saturated heterocycles. The number of halogens is 2. The Bertz CT molecular complexity index is 405. The summed E-state index contributed by atoms with van der Waals surface area (Å²) in [4.78, 5) is 13.0. The normalized spacial score (nSPS) is 10.3. The Morgan fingerprint density at radius 2 is 2.00 bits per heavy atom. The van der Waals surface area contributed by atoms with Crippen LogP contribution >= 0.6 is 0 Å². The molecule has 0 fully saturated rings. The Kier molecular flexibility index (Phi) is 3.95. The van der Waals surface area contributed by atoms with Gasteiger partial charge < -0.3 is 10.6 Å². The minimum absolute atomic E-state index is 0.0292. The number of anilines is 1. The largest absolute Gasteiger partial charge is 0.375 e. The number of benzene rings is 1. The van der Waals surface area contributed by atoms with E-state index in [-0.39, 0.29) is 30.0 Å². The van der Waals surface area contributed by atoms with Crippen molar-refractivity contribution >= 4 is 11.5 Å². The third kappa shape index (κ3) is 2.36. The highest BCUT2D eigenvalue weighted by molar-refractivity contribution is 6.01. The molecule has 1 rings (SSSR count). The van der Waals surface area contributed by atoms with E-state index >= 15 is 0 Å². The second-order valence-corrected chi connectivity index (χ2v) is 3.61. The summed E-state index contributed by atoms with van der Waals surface area (Å²) in [7, 11) is 3.11.